The van der Waals surface area contributed by atoms with Gasteiger partial charge in [-0.2, -0.15) is 11.8 Å². The summed E-state index contributed by atoms with van der Waals surface area (Å²) in [6, 6.07) is 11.4. The molecule has 1 N–H and O–H groups in total. The molecule has 196 valence electrons. The zero-order valence-electron chi connectivity index (χ0n) is 22.4. The summed E-state index contributed by atoms with van der Waals surface area (Å²) in [5.74, 6) is 1.41. The van der Waals surface area contributed by atoms with Crippen molar-refractivity contribution in [1.29, 1.82) is 0 Å². The number of benzene rings is 1. The fourth-order valence-electron chi connectivity index (χ4n) is 6.30. The molecule has 5 nitrogen and oxygen atoms in total. The average molecular weight is 502 g/mol. The van der Waals surface area contributed by atoms with Crippen LogP contribution >= 0.6 is 11.8 Å². The van der Waals surface area contributed by atoms with E-state index in [2.05, 4.69) is 72.4 Å². The number of rotatable bonds is 14. The SMILES string of the molecule is CCCCN1C=NC(CCSC)(C(=O)O)C1CC1CCC(C(CCc2ccccc2)N(C)C)CC1. The molecule has 1 aromatic carbocycles. The lowest BCUT2D eigenvalue weighted by molar-refractivity contribution is -0.145. The number of carboxylic acid groups (broad SMARTS) is 1. The first kappa shape index (κ1) is 28.0. The highest BCUT2D eigenvalue weighted by molar-refractivity contribution is 7.98. The molecule has 3 unspecified atom stereocenters. The molecule has 1 saturated carbocycles. The van der Waals surface area contributed by atoms with Gasteiger partial charge in [-0.05, 0) is 88.4 Å². The van der Waals surface area contributed by atoms with Crippen molar-refractivity contribution in [1.82, 2.24) is 9.80 Å². The molecular formula is C29H47N3O2S. The highest BCUT2D eigenvalue weighted by Crippen LogP contribution is 2.41. The zero-order chi connectivity index (χ0) is 25.3. The van der Waals surface area contributed by atoms with Crippen molar-refractivity contribution in [3.8, 4) is 0 Å². The number of aliphatic carboxylic acids is 1. The van der Waals surface area contributed by atoms with Crippen molar-refractivity contribution < 1.29 is 9.90 Å². The summed E-state index contributed by atoms with van der Waals surface area (Å²) in [5, 5.41) is 10.3. The lowest BCUT2D eigenvalue weighted by Gasteiger charge is -2.41. The fraction of sp³-hybridized carbons (Fsp3) is 0.724. The molecule has 0 saturated heterocycles. The summed E-state index contributed by atoms with van der Waals surface area (Å²) in [7, 11) is 4.46. The van der Waals surface area contributed by atoms with E-state index in [0.717, 1.165) is 43.9 Å². The van der Waals surface area contributed by atoms with E-state index in [-0.39, 0.29) is 6.04 Å². The quantitative estimate of drug-likeness (QED) is 0.347. The van der Waals surface area contributed by atoms with Crippen molar-refractivity contribution >= 4 is 24.1 Å². The molecule has 0 radical (unpaired) electrons. The Morgan fingerprint density at radius 2 is 1.94 bits per heavy atom. The molecule has 0 bridgehead atoms. The van der Waals surface area contributed by atoms with Crippen LogP contribution < -0.4 is 0 Å². The van der Waals surface area contributed by atoms with Gasteiger partial charge in [-0.1, -0.05) is 56.5 Å². The molecule has 3 rings (SSSR count). The van der Waals surface area contributed by atoms with E-state index in [1.165, 1.54) is 37.7 Å². The Morgan fingerprint density at radius 3 is 2.54 bits per heavy atom. The first-order valence-corrected chi connectivity index (χ1v) is 15.0. The van der Waals surface area contributed by atoms with E-state index in [9.17, 15) is 9.90 Å². The summed E-state index contributed by atoms with van der Waals surface area (Å²) >= 11 is 1.72. The predicted octanol–water partition coefficient (Wildman–Crippen LogP) is 5.84. The molecule has 1 fully saturated rings. The van der Waals surface area contributed by atoms with Gasteiger partial charge in [-0.25, -0.2) is 4.79 Å². The maximum absolute atomic E-state index is 12.6. The zero-order valence-corrected chi connectivity index (χ0v) is 23.2. The number of aliphatic imine (C=N–C) groups is 1. The predicted molar refractivity (Wildman–Crippen MR) is 150 cm³/mol. The van der Waals surface area contributed by atoms with Crippen LogP contribution in [0.15, 0.2) is 35.3 Å². The topological polar surface area (TPSA) is 56.1 Å². The van der Waals surface area contributed by atoms with E-state index in [4.69, 9.17) is 0 Å². The number of carbonyl (C=O) groups is 1. The third kappa shape index (κ3) is 7.25. The summed E-state index contributed by atoms with van der Waals surface area (Å²) in [5.41, 5.74) is 0.451. The van der Waals surface area contributed by atoms with Gasteiger partial charge in [0.1, 0.15) is 0 Å². The van der Waals surface area contributed by atoms with Gasteiger partial charge in [0.25, 0.3) is 0 Å². The molecule has 35 heavy (non-hydrogen) atoms. The first-order chi connectivity index (χ1) is 16.9. The van der Waals surface area contributed by atoms with Gasteiger partial charge >= 0.3 is 5.97 Å². The van der Waals surface area contributed by atoms with Crippen LogP contribution in [-0.4, -0.2) is 77.5 Å². The number of hydrogen-bond donors (Lipinski definition) is 1. The van der Waals surface area contributed by atoms with Gasteiger partial charge in [-0.15, -0.1) is 0 Å². The molecular weight excluding hydrogens is 454 g/mol. The van der Waals surface area contributed by atoms with Crippen LogP contribution in [0.25, 0.3) is 0 Å². The van der Waals surface area contributed by atoms with Crippen molar-refractivity contribution in [2.24, 2.45) is 16.8 Å². The molecule has 1 aromatic rings. The van der Waals surface area contributed by atoms with E-state index < -0.39 is 11.5 Å². The third-order valence-electron chi connectivity index (χ3n) is 8.44. The Labute approximate surface area is 217 Å². The van der Waals surface area contributed by atoms with Gasteiger partial charge in [0, 0.05) is 12.6 Å². The molecule has 3 atom stereocenters. The number of nitrogens with zero attached hydrogens (tertiary/aromatic N) is 3. The molecule has 1 aliphatic heterocycles. The minimum Gasteiger partial charge on any atom is -0.479 e. The van der Waals surface area contributed by atoms with Crippen LogP contribution in [0.2, 0.25) is 0 Å². The number of aryl methyl sites for hydroxylation is 1. The minimum absolute atomic E-state index is 0.0111. The molecule has 0 aromatic heterocycles. The number of thioether (sulfide) groups is 1. The largest absolute Gasteiger partial charge is 0.479 e. The summed E-state index contributed by atoms with van der Waals surface area (Å²) in [4.78, 5) is 21.9. The van der Waals surface area contributed by atoms with Crippen LogP contribution in [-0.2, 0) is 11.2 Å². The first-order valence-electron chi connectivity index (χ1n) is 13.6. The lowest BCUT2D eigenvalue weighted by Crippen LogP contribution is -2.52. The van der Waals surface area contributed by atoms with Crippen molar-refractivity contribution in [3.05, 3.63) is 35.9 Å². The number of hydrogen-bond acceptors (Lipinski definition) is 5. The summed E-state index contributed by atoms with van der Waals surface area (Å²) in [6.45, 7) is 3.11. The Hall–Kier alpha value is -1.53. The van der Waals surface area contributed by atoms with Gasteiger partial charge in [0.15, 0.2) is 5.54 Å². The normalized spacial score (nSPS) is 27.5. The Kier molecular flexibility index (Phi) is 11.0. The van der Waals surface area contributed by atoms with Crippen LogP contribution in [0.5, 0.6) is 0 Å². The van der Waals surface area contributed by atoms with Crippen molar-refractivity contribution in [3.63, 3.8) is 0 Å². The number of unbranched alkanes of at least 4 members (excludes halogenated alkanes) is 1. The fourth-order valence-corrected chi connectivity index (χ4v) is 6.81. The molecule has 2 aliphatic rings. The highest BCUT2D eigenvalue weighted by Gasteiger charge is 2.51. The van der Waals surface area contributed by atoms with Crippen LogP contribution in [0.3, 0.4) is 0 Å². The molecule has 0 amide bonds. The average Bonchev–Trinajstić information content (AvgIpc) is 3.21. The monoisotopic (exact) mass is 501 g/mol. The third-order valence-corrected chi connectivity index (χ3v) is 9.05. The Bertz CT molecular complexity index is 794. The molecule has 1 aliphatic carbocycles. The second-order valence-electron chi connectivity index (χ2n) is 10.9. The van der Waals surface area contributed by atoms with E-state index in [1.807, 2.05) is 6.34 Å². The van der Waals surface area contributed by atoms with E-state index in [0.29, 0.717) is 18.4 Å². The smallest absolute Gasteiger partial charge is 0.333 e. The maximum Gasteiger partial charge on any atom is 0.333 e. The van der Waals surface area contributed by atoms with Gasteiger partial charge in [-0.3, -0.25) is 4.99 Å². The maximum atomic E-state index is 12.6. The molecule has 0 spiro atoms. The van der Waals surface area contributed by atoms with E-state index >= 15 is 0 Å². The van der Waals surface area contributed by atoms with Crippen molar-refractivity contribution in [2.45, 2.75) is 88.8 Å². The Morgan fingerprint density at radius 1 is 1.23 bits per heavy atom. The lowest BCUT2D eigenvalue weighted by atomic mass is 9.72. The highest BCUT2D eigenvalue weighted by atomic mass is 32.2. The van der Waals surface area contributed by atoms with Gasteiger partial charge in [0.05, 0.1) is 12.4 Å². The number of carboxylic acids is 1. The van der Waals surface area contributed by atoms with Gasteiger partial charge < -0.3 is 14.9 Å². The second-order valence-corrected chi connectivity index (χ2v) is 11.9. The minimum atomic E-state index is -0.977. The summed E-state index contributed by atoms with van der Waals surface area (Å²) in [6.07, 6.45) is 14.9. The second kappa shape index (κ2) is 13.7. The summed E-state index contributed by atoms with van der Waals surface area (Å²) < 4.78 is 0. The molecule has 1 heterocycles. The van der Waals surface area contributed by atoms with E-state index in [1.54, 1.807) is 11.8 Å². The van der Waals surface area contributed by atoms with Crippen LogP contribution in [0.4, 0.5) is 0 Å². The standard InChI is InChI=1S/C29H47N3O2S/c1-5-6-19-32-22-30-29(28(33)34,18-20-35-4)27(32)21-24-12-15-25(16-13-24)26(31(2)3)17-14-23-10-8-7-9-11-23/h7-11,22,24-27H,5-6,12-21H2,1-4H3,(H,33,34). The van der Waals surface area contributed by atoms with Crippen LogP contribution in [0.1, 0.15) is 70.3 Å². The Balaban J connectivity index is 1.62. The van der Waals surface area contributed by atoms with Crippen molar-refractivity contribution in [2.75, 3.05) is 32.6 Å². The van der Waals surface area contributed by atoms with Gasteiger partial charge in [0.2, 0.25) is 0 Å². The molecule has 6 heteroatoms. The van der Waals surface area contributed by atoms with Crippen LogP contribution in [0, 0.1) is 11.8 Å².